The molecule has 0 aliphatic carbocycles. The number of sulfonamides is 1. The van der Waals surface area contributed by atoms with Gasteiger partial charge in [0.25, 0.3) is 0 Å². The molecule has 0 saturated carbocycles. The number of hydrogen-bond acceptors (Lipinski definition) is 3. The van der Waals surface area contributed by atoms with Crippen molar-refractivity contribution in [3.63, 3.8) is 0 Å². The molecule has 21 heavy (non-hydrogen) atoms. The fourth-order valence-corrected chi connectivity index (χ4v) is 3.74. The summed E-state index contributed by atoms with van der Waals surface area (Å²) in [4.78, 5) is 0.411. The summed E-state index contributed by atoms with van der Waals surface area (Å²) in [5, 5.41) is 3.31. The van der Waals surface area contributed by atoms with Crippen LogP contribution in [0.15, 0.2) is 23.1 Å². The van der Waals surface area contributed by atoms with E-state index in [2.05, 4.69) is 19.2 Å². The zero-order chi connectivity index (χ0) is 16.2. The third kappa shape index (κ3) is 5.09. The first kappa shape index (κ1) is 18.1. The van der Waals surface area contributed by atoms with Gasteiger partial charge >= 0.3 is 0 Å². The van der Waals surface area contributed by atoms with Gasteiger partial charge in [0.2, 0.25) is 10.0 Å². The molecule has 1 aromatic carbocycles. The van der Waals surface area contributed by atoms with Crippen molar-refractivity contribution in [1.82, 2.24) is 9.62 Å². The van der Waals surface area contributed by atoms with E-state index in [4.69, 9.17) is 0 Å². The lowest BCUT2D eigenvalue weighted by atomic mass is 10.1. The standard InChI is InChI=1S/C16H28N2O2S/c1-12(2)11-18(6)21(19,20)16-9-15(8-7-14(16)5)10-17-13(3)4/h7-9,12-13,17H,10-11H2,1-6H3. The van der Waals surface area contributed by atoms with Crippen molar-refractivity contribution in [2.45, 2.75) is 52.1 Å². The Morgan fingerprint density at radius 1 is 1.19 bits per heavy atom. The molecule has 4 nitrogen and oxygen atoms in total. The number of hydrogen-bond donors (Lipinski definition) is 1. The van der Waals surface area contributed by atoms with Gasteiger partial charge in [-0.1, -0.05) is 39.8 Å². The van der Waals surface area contributed by atoms with Crippen molar-refractivity contribution >= 4 is 10.0 Å². The Balaban J connectivity index is 3.07. The minimum Gasteiger partial charge on any atom is -0.310 e. The summed E-state index contributed by atoms with van der Waals surface area (Å²) in [6.07, 6.45) is 0. The number of rotatable bonds is 7. The highest BCUT2D eigenvalue weighted by Gasteiger charge is 2.23. The fraction of sp³-hybridized carbons (Fsp3) is 0.625. The molecule has 0 spiro atoms. The van der Waals surface area contributed by atoms with Crippen LogP contribution in [0.5, 0.6) is 0 Å². The predicted octanol–water partition coefficient (Wildman–Crippen LogP) is 2.77. The van der Waals surface area contributed by atoms with E-state index in [0.29, 0.717) is 29.9 Å². The van der Waals surface area contributed by atoms with Gasteiger partial charge in [-0.2, -0.15) is 0 Å². The van der Waals surface area contributed by atoms with Crippen LogP contribution in [-0.2, 0) is 16.6 Å². The normalized spacial score (nSPS) is 12.6. The van der Waals surface area contributed by atoms with Crippen molar-refractivity contribution in [1.29, 1.82) is 0 Å². The fourth-order valence-electron chi connectivity index (χ4n) is 2.13. The van der Waals surface area contributed by atoms with E-state index in [0.717, 1.165) is 11.1 Å². The van der Waals surface area contributed by atoms with Crippen molar-refractivity contribution in [2.75, 3.05) is 13.6 Å². The summed E-state index contributed by atoms with van der Waals surface area (Å²) in [5.74, 6) is 0.302. The molecule has 0 aliphatic heterocycles. The minimum absolute atomic E-state index is 0.302. The van der Waals surface area contributed by atoms with Crippen LogP contribution in [0, 0.1) is 12.8 Å². The molecule has 0 heterocycles. The molecule has 0 fully saturated rings. The highest BCUT2D eigenvalue weighted by molar-refractivity contribution is 7.89. The van der Waals surface area contributed by atoms with Crippen LogP contribution in [0.3, 0.4) is 0 Å². The number of nitrogens with zero attached hydrogens (tertiary/aromatic N) is 1. The van der Waals surface area contributed by atoms with Gasteiger partial charge in [0.1, 0.15) is 0 Å². The van der Waals surface area contributed by atoms with Crippen molar-refractivity contribution in [2.24, 2.45) is 5.92 Å². The van der Waals surface area contributed by atoms with Crippen LogP contribution in [0.25, 0.3) is 0 Å². The van der Waals surface area contributed by atoms with Gasteiger partial charge in [0, 0.05) is 26.2 Å². The number of nitrogens with one attached hydrogen (secondary N) is 1. The first-order valence-corrected chi connectivity index (χ1v) is 8.88. The smallest absolute Gasteiger partial charge is 0.243 e. The molecule has 0 aromatic heterocycles. The van der Waals surface area contributed by atoms with Crippen LogP contribution in [0.1, 0.15) is 38.8 Å². The molecule has 5 heteroatoms. The maximum absolute atomic E-state index is 12.7. The Hall–Kier alpha value is -0.910. The summed E-state index contributed by atoms with van der Waals surface area (Å²) in [6, 6.07) is 6.02. The molecule has 0 unspecified atom stereocenters. The molecule has 0 saturated heterocycles. The first-order chi connectivity index (χ1) is 9.64. The van der Waals surface area contributed by atoms with Crippen LogP contribution >= 0.6 is 0 Å². The summed E-state index contributed by atoms with van der Waals surface area (Å²) in [6.45, 7) is 11.2. The van der Waals surface area contributed by atoms with Gasteiger partial charge in [-0.25, -0.2) is 12.7 Å². The maximum Gasteiger partial charge on any atom is 0.243 e. The molecule has 0 aliphatic rings. The summed E-state index contributed by atoms with van der Waals surface area (Å²) >= 11 is 0. The molecule has 1 rings (SSSR count). The largest absolute Gasteiger partial charge is 0.310 e. The zero-order valence-electron chi connectivity index (χ0n) is 14.0. The molecule has 1 aromatic rings. The zero-order valence-corrected chi connectivity index (χ0v) is 14.8. The van der Waals surface area contributed by atoms with Crippen LogP contribution in [0.2, 0.25) is 0 Å². The van der Waals surface area contributed by atoms with E-state index in [1.165, 1.54) is 4.31 Å². The Labute approximate surface area is 129 Å². The topological polar surface area (TPSA) is 49.4 Å². The van der Waals surface area contributed by atoms with Crippen LogP contribution in [0.4, 0.5) is 0 Å². The summed E-state index contributed by atoms with van der Waals surface area (Å²) in [7, 11) is -1.77. The lowest BCUT2D eigenvalue weighted by molar-refractivity contribution is 0.417. The SMILES string of the molecule is Cc1ccc(CNC(C)C)cc1S(=O)(=O)N(C)CC(C)C. The Bertz CT molecular complexity index is 566. The van der Waals surface area contributed by atoms with E-state index >= 15 is 0 Å². The summed E-state index contributed by atoms with van der Waals surface area (Å²) in [5.41, 5.74) is 1.78. The van der Waals surface area contributed by atoms with Gasteiger partial charge in [0.05, 0.1) is 4.90 Å². The number of benzene rings is 1. The summed E-state index contributed by atoms with van der Waals surface area (Å²) < 4.78 is 26.8. The van der Waals surface area contributed by atoms with Gasteiger partial charge < -0.3 is 5.32 Å². The molecule has 0 bridgehead atoms. The van der Waals surface area contributed by atoms with Gasteiger partial charge in [-0.15, -0.1) is 0 Å². The maximum atomic E-state index is 12.7. The third-order valence-electron chi connectivity index (χ3n) is 3.28. The van der Waals surface area contributed by atoms with Crippen molar-refractivity contribution in [3.05, 3.63) is 29.3 Å². The van der Waals surface area contributed by atoms with E-state index in [1.54, 1.807) is 13.1 Å². The molecular weight excluding hydrogens is 284 g/mol. The van der Waals surface area contributed by atoms with Gasteiger partial charge in [0.15, 0.2) is 0 Å². The molecule has 0 amide bonds. The van der Waals surface area contributed by atoms with E-state index in [9.17, 15) is 8.42 Å². The molecule has 1 N–H and O–H groups in total. The second-order valence-electron chi connectivity index (χ2n) is 6.31. The van der Waals surface area contributed by atoms with Crippen LogP contribution in [-0.4, -0.2) is 32.4 Å². The van der Waals surface area contributed by atoms with Crippen molar-refractivity contribution < 1.29 is 8.42 Å². The monoisotopic (exact) mass is 312 g/mol. The first-order valence-electron chi connectivity index (χ1n) is 7.43. The average Bonchev–Trinajstić information content (AvgIpc) is 2.36. The Kier molecular flexibility index (Phi) is 6.38. The molecular formula is C16H28N2O2S. The van der Waals surface area contributed by atoms with E-state index < -0.39 is 10.0 Å². The molecule has 0 atom stereocenters. The predicted molar refractivity (Wildman–Crippen MR) is 87.8 cm³/mol. The Morgan fingerprint density at radius 2 is 1.81 bits per heavy atom. The molecule has 120 valence electrons. The van der Waals surface area contributed by atoms with Crippen molar-refractivity contribution in [3.8, 4) is 0 Å². The van der Waals surface area contributed by atoms with Gasteiger partial charge in [-0.3, -0.25) is 0 Å². The second kappa shape index (κ2) is 7.38. The highest BCUT2D eigenvalue weighted by Crippen LogP contribution is 2.21. The van der Waals surface area contributed by atoms with E-state index in [-0.39, 0.29) is 0 Å². The lowest BCUT2D eigenvalue weighted by Gasteiger charge is -2.21. The lowest BCUT2D eigenvalue weighted by Crippen LogP contribution is -2.31. The third-order valence-corrected chi connectivity index (χ3v) is 5.24. The second-order valence-corrected chi connectivity index (χ2v) is 8.33. The highest BCUT2D eigenvalue weighted by atomic mass is 32.2. The Morgan fingerprint density at radius 3 is 2.33 bits per heavy atom. The van der Waals surface area contributed by atoms with Crippen LogP contribution < -0.4 is 5.32 Å². The minimum atomic E-state index is -3.42. The average molecular weight is 312 g/mol. The number of aryl methyl sites for hydroxylation is 1. The quantitative estimate of drug-likeness (QED) is 0.842. The molecule has 0 radical (unpaired) electrons. The van der Waals surface area contributed by atoms with E-state index in [1.807, 2.05) is 32.9 Å². The van der Waals surface area contributed by atoms with Gasteiger partial charge in [-0.05, 0) is 30.0 Å².